The number of amides is 4. The molecule has 0 aromatic carbocycles. The van der Waals surface area contributed by atoms with Crippen molar-refractivity contribution in [1.29, 1.82) is 0 Å². The summed E-state index contributed by atoms with van der Waals surface area (Å²) in [6.07, 6.45) is 11.4. The van der Waals surface area contributed by atoms with E-state index in [9.17, 15) is 38.4 Å². The van der Waals surface area contributed by atoms with Crippen LogP contribution in [0, 0.1) is 0 Å². The van der Waals surface area contributed by atoms with E-state index in [2.05, 4.69) is 19.9 Å². The molecule has 4 aromatic rings. The molecule has 0 spiro atoms. The van der Waals surface area contributed by atoms with Crippen LogP contribution in [0.25, 0.3) is 0 Å². The van der Waals surface area contributed by atoms with Gasteiger partial charge in [-0.1, -0.05) is 0 Å². The smallest absolute Gasteiger partial charge is 0.286 e. The van der Waals surface area contributed by atoms with Crippen LogP contribution in [-0.4, -0.2) is 150 Å². The molecule has 4 amide bonds. The van der Waals surface area contributed by atoms with Crippen molar-refractivity contribution in [3.63, 3.8) is 0 Å². The van der Waals surface area contributed by atoms with Crippen LogP contribution in [0.15, 0.2) is 49.1 Å². The molecule has 0 bridgehead atoms. The van der Waals surface area contributed by atoms with E-state index in [4.69, 9.17) is 0 Å². The summed E-state index contributed by atoms with van der Waals surface area (Å²) < 4.78 is 0. The minimum atomic E-state index is -0.357. The molecule has 0 saturated carbocycles. The molecule has 6 atom stereocenters. The first-order valence-electron chi connectivity index (χ1n) is 21.5. The third kappa shape index (κ3) is 7.62. The Balaban J connectivity index is 0.000000108. The fourth-order valence-corrected chi connectivity index (χ4v) is 12.5. The fourth-order valence-electron chi connectivity index (χ4n) is 10.1. The third-order valence-corrected chi connectivity index (χ3v) is 15.8. The quantitative estimate of drug-likeness (QED) is 0.231. The highest BCUT2D eigenvalue weighted by Gasteiger charge is 2.47. The molecule has 12 rings (SSSR count). The predicted molar refractivity (Wildman–Crippen MR) is 235 cm³/mol. The van der Waals surface area contributed by atoms with Gasteiger partial charge >= 0.3 is 0 Å². The van der Waals surface area contributed by atoms with Crippen molar-refractivity contribution in [2.45, 2.75) is 108 Å². The number of hydrazine groups is 2. The lowest BCUT2D eigenvalue weighted by molar-refractivity contribution is -0.124. The standard InChI is InChI=1S/C12H14N2O2.C11H13N3O2.C11H12N2O2S.C10H11N3O2S/c1-7(15)10-3-2-9-6-8-4-5-13-11(8)12(16)14(9)10;1-7(15)9-3-5-13-6-8-2-4-12-10(8)11(16)14(9)13;1-6(14)11-13-8(5-16-11)4-7-2-3-12-9(7)10(13)15;1-6(14)10-13-9(15)8-7(2-3-11-8)4-12(13)5-16-10/h4-5,9-10,13H,2-3,6H2,1H3;2,4,9,12H,3,5-6H2,1H3;2-3,8,11-12H,4-5H2,1H3;2-3,10-11H,4-5H2,1H3. The van der Waals surface area contributed by atoms with E-state index in [1.165, 1.54) is 18.7 Å². The number of hydrogen-bond donors (Lipinski definition) is 4. The molecular formula is C44H50N10O8S2. The van der Waals surface area contributed by atoms with Crippen molar-refractivity contribution in [3.8, 4) is 0 Å². The van der Waals surface area contributed by atoms with Gasteiger partial charge in [0.05, 0.1) is 11.9 Å². The summed E-state index contributed by atoms with van der Waals surface area (Å²) in [5.41, 5.74) is 6.77. The number of aromatic nitrogens is 4. The van der Waals surface area contributed by atoms with E-state index in [1.807, 2.05) is 34.3 Å². The summed E-state index contributed by atoms with van der Waals surface area (Å²) >= 11 is 3.08. The van der Waals surface area contributed by atoms with Crippen LogP contribution < -0.4 is 0 Å². The minimum absolute atomic E-state index is 0.00560. The Kier molecular flexibility index (Phi) is 11.8. The Labute approximate surface area is 377 Å². The van der Waals surface area contributed by atoms with Gasteiger partial charge in [0, 0.05) is 62.3 Å². The van der Waals surface area contributed by atoms with Crippen LogP contribution in [0.1, 0.15) is 111 Å². The Hall–Kier alpha value is -5.70. The van der Waals surface area contributed by atoms with E-state index in [0.717, 1.165) is 66.7 Å². The van der Waals surface area contributed by atoms with Crippen molar-refractivity contribution in [1.82, 2.24) is 49.8 Å². The summed E-state index contributed by atoms with van der Waals surface area (Å²) in [7, 11) is 0. The molecule has 8 aliphatic heterocycles. The lowest BCUT2D eigenvalue weighted by Crippen LogP contribution is -2.50. The Morgan fingerprint density at radius 1 is 0.516 bits per heavy atom. The van der Waals surface area contributed by atoms with Crippen LogP contribution in [0.3, 0.4) is 0 Å². The second kappa shape index (κ2) is 17.4. The van der Waals surface area contributed by atoms with Crippen LogP contribution in [0.4, 0.5) is 0 Å². The number of ketones is 4. The van der Waals surface area contributed by atoms with Crippen molar-refractivity contribution < 1.29 is 38.4 Å². The van der Waals surface area contributed by atoms with Crippen molar-refractivity contribution in [3.05, 3.63) is 94.1 Å². The average Bonchev–Trinajstić information content (AvgIpc) is 4.11. The second-order valence-corrected chi connectivity index (χ2v) is 19.3. The van der Waals surface area contributed by atoms with E-state index in [0.29, 0.717) is 41.7 Å². The lowest BCUT2D eigenvalue weighted by atomic mass is 9.99. The number of rotatable bonds is 4. The zero-order chi connectivity index (χ0) is 45.1. The van der Waals surface area contributed by atoms with Crippen LogP contribution in [0.5, 0.6) is 0 Å². The number of H-pyrrole nitrogens is 4. The Morgan fingerprint density at radius 3 is 1.58 bits per heavy atom. The first kappa shape index (κ1) is 43.5. The molecule has 8 aliphatic rings. The Bertz CT molecular complexity index is 2210. The molecule has 0 aliphatic carbocycles. The van der Waals surface area contributed by atoms with Crippen molar-refractivity contribution in [2.24, 2.45) is 0 Å². The molecule has 18 nitrogen and oxygen atoms in total. The van der Waals surface area contributed by atoms with E-state index in [-0.39, 0.29) is 81.7 Å². The molecule has 0 radical (unpaired) electrons. The van der Waals surface area contributed by atoms with Gasteiger partial charge in [-0.2, -0.15) is 0 Å². The van der Waals surface area contributed by atoms with Crippen molar-refractivity contribution in [2.75, 3.05) is 18.2 Å². The highest BCUT2D eigenvalue weighted by molar-refractivity contribution is 8.01. The summed E-state index contributed by atoms with van der Waals surface area (Å²) in [6, 6.07) is 7.70. The molecule has 12 heterocycles. The predicted octanol–water partition coefficient (Wildman–Crippen LogP) is 3.53. The number of fused-ring (bicyclic) bond motifs is 8. The first-order valence-corrected chi connectivity index (χ1v) is 23.5. The van der Waals surface area contributed by atoms with Gasteiger partial charge in [-0.3, -0.25) is 43.4 Å². The van der Waals surface area contributed by atoms with E-state index >= 15 is 0 Å². The highest BCUT2D eigenvalue weighted by Crippen LogP contribution is 2.38. The molecule has 64 heavy (non-hydrogen) atoms. The summed E-state index contributed by atoms with van der Waals surface area (Å²) in [5.74, 6) is 1.60. The number of nitrogens with zero attached hydrogens (tertiary/aromatic N) is 6. The van der Waals surface area contributed by atoms with Gasteiger partial charge < -0.3 is 29.7 Å². The zero-order valence-corrected chi connectivity index (χ0v) is 37.6. The number of aromatic amines is 4. The van der Waals surface area contributed by atoms with Crippen LogP contribution in [-0.2, 0) is 45.1 Å². The third-order valence-electron chi connectivity index (χ3n) is 13.1. The maximum absolute atomic E-state index is 12.2. The first-order chi connectivity index (χ1) is 30.7. The van der Waals surface area contributed by atoms with Gasteiger partial charge in [0.1, 0.15) is 34.2 Å². The molecule has 4 N–H and O–H groups in total. The van der Waals surface area contributed by atoms with Crippen LogP contribution >= 0.6 is 23.5 Å². The lowest BCUT2D eigenvalue weighted by Gasteiger charge is -2.34. The van der Waals surface area contributed by atoms with Gasteiger partial charge in [-0.15, -0.1) is 23.5 Å². The molecule has 4 aromatic heterocycles. The number of Topliss-reactive ketones (excluding diaryl/α,β-unsaturated/α-hetero) is 4. The van der Waals surface area contributed by atoms with Crippen LogP contribution in [0.2, 0.25) is 0 Å². The number of hydrogen-bond acceptors (Lipinski definition) is 12. The maximum Gasteiger partial charge on any atom is 0.286 e. The number of carbonyl (C=O) groups excluding carboxylic acids is 8. The average molecular weight is 911 g/mol. The largest absolute Gasteiger partial charge is 0.357 e. The molecule has 4 fully saturated rings. The number of nitrogens with one attached hydrogen (secondary N) is 4. The zero-order valence-electron chi connectivity index (χ0n) is 35.9. The molecule has 20 heteroatoms. The summed E-state index contributed by atoms with van der Waals surface area (Å²) in [6.45, 7) is 8.39. The highest BCUT2D eigenvalue weighted by atomic mass is 32.2. The van der Waals surface area contributed by atoms with Crippen molar-refractivity contribution >= 4 is 70.3 Å². The number of thioether (sulfide) groups is 2. The molecular weight excluding hydrogens is 861 g/mol. The molecule has 4 saturated heterocycles. The van der Waals surface area contributed by atoms with Gasteiger partial charge in [0.25, 0.3) is 23.6 Å². The van der Waals surface area contributed by atoms with Gasteiger partial charge in [0.2, 0.25) is 0 Å². The normalized spacial score (nSPS) is 26.1. The van der Waals surface area contributed by atoms with E-state index < -0.39 is 0 Å². The minimum Gasteiger partial charge on any atom is -0.357 e. The van der Waals surface area contributed by atoms with Gasteiger partial charge in [-0.05, 0) is 106 Å². The summed E-state index contributed by atoms with van der Waals surface area (Å²) in [5, 5.41) is 6.44. The maximum atomic E-state index is 12.2. The van der Waals surface area contributed by atoms with Gasteiger partial charge in [-0.25, -0.2) is 15.0 Å². The fraction of sp³-hybridized carbons (Fsp3) is 0.455. The number of carbonyl (C=O) groups is 8. The molecule has 336 valence electrons. The SMILES string of the molecule is CC(=O)C1CCC2Cc3cc[nH]c3C(=O)N21.CC(=O)C1CCN2Cc3cc[nH]c3C(=O)N12.CC(=O)C1SCC2Cc3cc[nH]c3C(=O)N21.CC(=O)C1SCN2Cc3cc[nH]c3C(=O)N12. The van der Waals surface area contributed by atoms with Gasteiger partial charge in [0.15, 0.2) is 28.5 Å². The summed E-state index contributed by atoms with van der Waals surface area (Å²) in [4.78, 5) is 110. The Morgan fingerprint density at radius 2 is 1.02 bits per heavy atom. The second-order valence-electron chi connectivity index (χ2n) is 17.2. The molecule has 6 unspecified atom stereocenters. The van der Waals surface area contributed by atoms with E-state index in [1.54, 1.807) is 77.1 Å². The monoisotopic (exact) mass is 910 g/mol. The topological polar surface area (TPSA) is 219 Å².